The minimum Gasteiger partial charge on any atom is -0.491 e. The lowest BCUT2D eigenvalue weighted by Crippen LogP contribution is -2.46. The minimum absolute atomic E-state index is 0.311. The first kappa shape index (κ1) is 18.8. The zero-order valence-electron chi connectivity index (χ0n) is 17.0. The van der Waals surface area contributed by atoms with Gasteiger partial charge in [-0.3, -0.25) is 0 Å². The van der Waals surface area contributed by atoms with Crippen LogP contribution in [-0.4, -0.2) is 43.8 Å². The molecule has 0 bridgehead atoms. The number of hydrogen-bond donors (Lipinski definition) is 1. The Morgan fingerprint density at radius 3 is 2.76 bits per heavy atom. The Morgan fingerprint density at radius 2 is 2.07 bits per heavy atom. The van der Waals surface area contributed by atoms with E-state index in [4.69, 9.17) is 14.7 Å². The van der Waals surface area contributed by atoms with Crippen LogP contribution in [0.3, 0.4) is 0 Å². The Labute approximate surface area is 171 Å². The van der Waals surface area contributed by atoms with Gasteiger partial charge in [0.2, 0.25) is 16.0 Å². The fraction of sp³-hybridized carbons (Fsp3) is 0.524. The summed E-state index contributed by atoms with van der Waals surface area (Å²) in [4.78, 5) is 12.1. The Balaban J connectivity index is 1.58. The van der Waals surface area contributed by atoms with Gasteiger partial charge in [0, 0.05) is 35.0 Å². The zero-order chi connectivity index (χ0) is 20.3. The number of nitrogens with zero attached hydrogens (tertiary/aromatic N) is 3. The molecule has 5 rings (SSSR count). The molecule has 1 unspecified atom stereocenters. The third-order valence-electron chi connectivity index (χ3n) is 6.23. The van der Waals surface area contributed by atoms with E-state index in [1.54, 1.807) is 0 Å². The molecule has 1 aromatic carbocycles. The highest BCUT2D eigenvalue weighted by Crippen LogP contribution is 2.41. The normalized spacial score (nSPS) is 22.8. The van der Waals surface area contributed by atoms with Gasteiger partial charge in [0.15, 0.2) is 0 Å². The monoisotopic (exact) mass is 414 g/mol. The number of ether oxygens (including phenoxy) is 1. The van der Waals surface area contributed by atoms with Gasteiger partial charge in [-0.05, 0) is 57.2 Å². The summed E-state index contributed by atoms with van der Waals surface area (Å²) in [5.74, 6) is 1.57. The molecular weight excluding hydrogens is 388 g/mol. The summed E-state index contributed by atoms with van der Waals surface area (Å²) in [5.41, 5.74) is 6.36. The summed E-state index contributed by atoms with van der Waals surface area (Å²) in [6, 6.07) is 4.25. The fourth-order valence-electron chi connectivity index (χ4n) is 4.68. The second-order valence-electron chi connectivity index (χ2n) is 8.44. The molecule has 1 saturated heterocycles. The molecule has 1 aromatic heterocycles. The molecule has 8 heteroatoms. The third kappa shape index (κ3) is 3.28. The first-order chi connectivity index (χ1) is 13.8. The van der Waals surface area contributed by atoms with Crippen molar-refractivity contribution in [1.82, 2.24) is 14.7 Å². The lowest BCUT2D eigenvalue weighted by molar-refractivity contribution is 0.325. The van der Waals surface area contributed by atoms with Gasteiger partial charge >= 0.3 is 0 Å². The van der Waals surface area contributed by atoms with Crippen molar-refractivity contribution < 1.29 is 13.2 Å². The maximum Gasteiger partial charge on any atom is 0.226 e. The van der Waals surface area contributed by atoms with E-state index in [9.17, 15) is 8.42 Å². The molecule has 2 aromatic rings. The van der Waals surface area contributed by atoms with Crippen molar-refractivity contribution in [1.29, 1.82) is 0 Å². The highest BCUT2D eigenvalue weighted by molar-refractivity contribution is 7.88. The van der Waals surface area contributed by atoms with Gasteiger partial charge in [-0.1, -0.05) is 0 Å². The summed E-state index contributed by atoms with van der Waals surface area (Å²) in [6.45, 7) is 5.53. The van der Waals surface area contributed by atoms with Crippen molar-refractivity contribution in [2.24, 2.45) is 0 Å². The molecule has 0 spiro atoms. The molecule has 0 amide bonds. The molecule has 3 heterocycles. The number of anilines is 1. The molecule has 0 saturated carbocycles. The number of aromatic nitrogens is 2. The average Bonchev–Trinajstić information content (AvgIpc) is 3.25. The van der Waals surface area contributed by atoms with E-state index < -0.39 is 10.0 Å². The molecule has 1 N–H and O–H groups in total. The molecular formula is C21H26N4O3S. The summed E-state index contributed by atoms with van der Waals surface area (Å²) in [5, 5.41) is 0. The van der Waals surface area contributed by atoms with E-state index in [1.165, 1.54) is 23.9 Å². The molecule has 2 atom stereocenters. The highest BCUT2D eigenvalue weighted by Gasteiger charge is 2.32. The Kier molecular flexibility index (Phi) is 4.33. The van der Waals surface area contributed by atoms with Crippen LogP contribution in [0.2, 0.25) is 0 Å². The van der Waals surface area contributed by atoms with Crippen LogP contribution in [0.25, 0.3) is 11.3 Å². The van der Waals surface area contributed by atoms with Gasteiger partial charge in [-0.2, -0.15) is 0 Å². The van der Waals surface area contributed by atoms with Crippen LogP contribution >= 0.6 is 0 Å². The summed E-state index contributed by atoms with van der Waals surface area (Å²) in [6.07, 6.45) is 5.46. The van der Waals surface area contributed by atoms with E-state index in [0.717, 1.165) is 59.9 Å². The van der Waals surface area contributed by atoms with Crippen LogP contribution in [0.15, 0.2) is 12.1 Å². The quantitative estimate of drug-likeness (QED) is 0.828. The summed E-state index contributed by atoms with van der Waals surface area (Å²) < 4.78 is 31.9. The minimum atomic E-state index is -3.31. The van der Waals surface area contributed by atoms with Crippen LogP contribution in [0.1, 0.15) is 48.2 Å². The topological polar surface area (TPSA) is 84.4 Å². The van der Waals surface area contributed by atoms with Gasteiger partial charge in [0.25, 0.3) is 0 Å². The predicted molar refractivity (Wildman–Crippen MR) is 112 cm³/mol. The van der Waals surface area contributed by atoms with Crippen molar-refractivity contribution in [2.45, 2.75) is 51.6 Å². The van der Waals surface area contributed by atoms with Crippen LogP contribution < -0.4 is 14.4 Å². The molecule has 3 aliphatic rings. The summed E-state index contributed by atoms with van der Waals surface area (Å²) in [7, 11) is -3.31. The average molecular weight is 415 g/mol. The SMILES string of the molecule is Cc1cc(-c2nc(N3CC[C@@H]3C)nc3c2CCC3)cc2c1C(NS(C)(=O)=O)CO2. The largest absolute Gasteiger partial charge is 0.491 e. The third-order valence-corrected chi connectivity index (χ3v) is 6.94. The van der Waals surface area contributed by atoms with Gasteiger partial charge in [-0.25, -0.2) is 23.1 Å². The number of aryl methyl sites for hydroxylation is 2. The van der Waals surface area contributed by atoms with Gasteiger partial charge in [0.1, 0.15) is 12.4 Å². The van der Waals surface area contributed by atoms with Gasteiger partial charge in [0.05, 0.1) is 18.0 Å². The van der Waals surface area contributed by atoms with Crippen molar-refractivity contribution in [3.05, 3.63) is 34.5 Å². The van der Waals surface area contributed by atoms with E-state index in [-0.39, 0.29) is 6.04 Å². The molecule has 2 aliphatic heterocycles. The Hall–Kier alpha value is -2.19. The first-order valence-corrected chi connectivity index (χ1v) is 12.1. The van der Waals surface area contributed by atoms with E-state index in [0.29, 0.717) is 12.6 Å². The molecule has 154 valence electrons. The molecule has 1 fully saturated rings. The van der Waals surface area contributed by atoms with Crippen molar-refractivity contribution in [3.8, 4) is 17.0 Å². The molecule has 0 radical (unpaired) electrons. The first-order valence-electron chi connectivity index (χ1n) is 10.2. The van der Waals surface area contributed by atoms with Gasteiger partial charge in [-0.15, -0.1) is 0 Å². The number of hydrogen-bond acceptors (Lipinski definition) is 6. The zero-order valence-corrected chi connectivity index (χ0v) is 17.8. The van der Waals surface area contributed by atoms with Crippen molar-refractivity contribution in [3.63, 3.8) is 0 Å². The molecule has 29 heavy (non-hydrogen) atoms. The second kappa shape index (κ2) is 6.67. The lowest BCUT2D eigenvalue weighted by Gasteiger charge is -2.39. The van der Waals surface area contributed by atoms with Crippen LogP contribution in [0.5, 0.6) is 5.75 Å². The fourth-order valence-corrected chi connectivity index (χ4v) is 5.38. The number of sulfonamides is 1. The van der Waals surface area contributed by atoms with Crippen molar-refractivity contribution >= 4 is 16.0 Å². The van der Waals surface area contributed by atoms with Crippen LogP contribution in [-0.2, 0) is 22.9 Å². The number of rotatable bonds is 4. The maximum atomic E-state index is 11.7. The Bertz CT molecular complexity index is 1100. The van der Waals surface area contributed by atoms with Crippen LogP contribution in [0, 0.1) is 6.92 Å². The predicted octanol–water partition coefficient (Wildman–Crippen LogP) is 2.52. The smallest absolute Gasteiger partial charge is 0.226 e. The number of fused-ring (bicyclic) bond motifs is 2. The maximum absolute atomic E-state index is 11.7. The van der Waals surface area contributed by atoms with Gasteiger partial charge < -0.3 is 9.64 Å². The van der Waals surface area contributed by atoms with E-state index in [1.807, 2.05) is 13.0 Å². The van der Waals surface area contributed by atoms with E-state index >= 15 is 0 Å². The lowest BCUT2D eigenvalue weighted by atomic mass is 9.97. The molecule has 7 nitrogen and oxygen atoms in total. The Morgan fingerprint density at radius 1 is 1.24 bits per heavy atom. The second-order valence-corrected chi connectivity index (χ2v) is 10.2. The standard InChI is InChI=1S/C21H26N4O3S/c1-12-9-14(10-18-19(12)17(11-28-18)24-29(3,26)27)20-15-5-4-6-16(15)22-21(23-20)25-8-7-13(25)2/h9-10,13,17,24H,4-8,11H2,1-3H3/t13-,17?/m0/s1. The highest BCUT2D eigenvalue weighted by atomic mass is 32.2. The number of nitrogens with one attached hydrogen (secondary N) is 1. The molecule has 1 aliphatic carbocycles. The van der Waals surface area contributed by atoms with Crippen molar-refractivity contribution in [2.75, 3.05) is 24.3 Å². The van der Waals surface area contributed by atoms with E-state index in [2.05, 4.69) is 22.6 Å². The van der Waals surface area contributed by atoms with Crippen LogP contribution in [0.4, 0.5) is 5.95 Å². The number of benzene rings is 1. The summed E-state index contributed by atoms with van der Waals surface area (Å²) >= 11 is 0.